The van der Waals surface area contributed by atoms with Gasteiger partial charge in [0.15, 0.2) is 0 Å². The molecule has 30 heavy (non-hydrogen) atoms. The van der Waals surface area contributed by atoms with E-state index in [1.54, 1.807) is 19.9 Å². The second kappa shape index (κ2) is 7.12. The topological polar surface area (TPSA) is 92.7 Å². The van der Waals surface area contributed by atoms with Gasteiger partial charge in [0.05, 0.1) is 16.8 Å². The number of carbonyl (C=O) groups is 1. The molecule has 1 saturated carbocycles. The number of H-pyrrole nitrogens is 1. The predicted octanol–water partition coefficient (Wildman–Crippen LogP) is 3.72. The minimum Gasteiger partial charge on any atom is -0.306 e. The molecular formula is C20H18F3N5O2. The molecule has 7 nitrogen and oxygen atoms in total. The van der Waals surface area contributed by atoms with Crippen molar-refractivity contribution in [2.75, 3.05) is 5.32 Å². The van der Waals surface area contributed by atoms with Gasteiger partial charge >= 0.3 is 6.18 Å². The summed E-state index contributed by atoms with van der Waals surface area (Å²) in [7, 11) is 0. The fourth-order valence-electron chi connectivity index (χ4n) is 3.07. The number of nitrogens with one attached hydrogen (secondary N) is 2. The third-order valence-corrected chi connectivity index (χ3v) is 5.03. The lowest BCUT2D eigenvalue weighted by molar-refractivity contribution is -0.137. The van der Waals surface area contributed by atoms with E-state index in [0.29, 0.717) is 17.0 Å². The van der Waals surface area contributed by atoms with Crippen molar-refractivity contribution in [3.05, 3.63) is 68.8 Å². The van der Waals surface area contributed by atoms with E-state index in [9.17, 15) is 22.8 Å². The van der Waals surface area contributed by atoms with Gasteiger partial charge in [0.25, 0.3) is 11.5 Å². The minimum atomic E-state index is -4.67. The molecule has 1 fully saturated rings. The number of halogens is 3. The largest absolute Gasteiger partial charge is 0.417 e. The average molecular weight is 417 g/mol. The van der Waals surface area contributed by atoms with E-state index in [-0.39, 0.29) is 23.2 Å². The molecular weight excluding hydrogens is 399 g/mol. The van der Waals surface area contributed by atoms with Gasteiger partial charge in [-0.3, -0.25) is 14.6 Å². The van der Waals surface area contributed by atoms with Crippen molar-refractivity contribution in [1.82, 2.24) is 19.7 Å². The molecule has 0 atom stereocenters. The number of alkyl halides is 3. The SMILES string of the molecule is Cc1nc(-n2nc(C3CC3)cc2NC(=O)c2ccccc2C(F)(F)F)[nH]c(=O)c1C. The summed E-state index contributed by atoms with van der Waals surface area (Å²) in [5, 5.41) is 6.91. The van der Waals surface area contributed by atoms with E-state index in [0.717, 1.165) is 25.0 Å². The normalized spacial score (nSPS) is 14.0. The number of nitrogens with zero attached hydrogens (tertiary/aromatic N) is 3. The molecule has 1 amide bonds. The van der Waals surface area contributed by atoms with Crippen LogP contribution >= 0.6 is 0 Å². The number of carbonyl (C=O) groups excluding carboxylic acids is 1. The fraction of sp³-hybridized carbons (Fsp3) is 0.300. The minimum absolute atomic E-state index is 0.0782. The summed E-state index contributed by atoms with van der Waals surface area (Å²) in [4.78, 5) is 31.8. The maximum Gasteiger partial charge on any atom is 0.417 e. The van der Waals surface area contributed by atoms with E-state index in [4.69, 9.17) is 0 Å². The van der Waals surface area contributed by atoms with E-state index < -0.39 is 23.2 Å². The molecule has 10 heteroatoms. The Morgan fingerprint density at radius 3 is 2.57 bits per heavy atom. The summed E-state index contributed by atoms with van der Waals surface area (Å²) in [6.45, 7) is 3.29. The first-order valence-electron chi connectivity index (χ1n) is 9.30. The summed E-state index contributed by atoms with van der Waals surface area (Å²) in [6, 6.07) is 6.14. The van der Waals surface area contributed by atoms with Gasteiger partial charge in [-0.05, 0) is 38.8 Å². The maximum absolute atomic E-state index is 13.3. The van der Waals surface area contributed by atoms with Crippen LogP contribution in [0.25, 0.3) is 5.95 Å². The summed E-state index contributed by atoms with van der Waals surface area (Å²) in [6.07, 6.45) is -2.81. The Morgan fingerprint density at radius 1 is 1.23 bits per heavy atom. The Hall–Kier alpha value is -3.43. The van der Waals surface area contributed by atoms with Crippen LogP contribution in [0.1, 0.15) is 51.6 Å². The molecule has 3 aromatic rings. The molecule has 156 valence electrons. The van der Waals surface area contributed by atoms with Crippen LogP contribution in [0.4, 0.5) is 19.0 Å². The standard InChI is InChI=1S/C20H18F3N5O2/c1-10-11(2)24-19(26-17(10)29)28-16(9-15(27-28)12-7-8-12)25-18(30)13-5-3-4-6-14(13)20(21,22)23/h3-6,9,12H,7-8H2,1-2H3,(H,25,30)(H,24,26,29). The van der Waals surface area contributed by atoms with Crippen LogP contribution < -0.4 is 10.9 Å². The number of rotatable bonds is 4. The third-order valence-electron chi connectivity index (χ3n) is 5.03. The Kier molecular flexibility index (Phi) is 4.71. The molecule has 1 aliphatic carbocycles. The quantitative estimate of drug-likeness (QED) is 0.677. The molecule has 0 aliphatic heterocycles. The van der Waals surface area contributed by atoms with Gasteiger partial charge in [-0.2, -0.15) is 23.0 Å². The van der Waals surface area contributed by atoms with Crippen molar-refractivity contribution < 1.29 is 18.0 Å². The van der Waals surface area contributed by atoms with Crippen molar-refractivity contribution in [2.45, 2.75) is 38.8 Å². The molecule has 1 aliphatic rings. The first-order chi connectivity index (χ1) is 14.1. The van der Waals surface area contributed by atoms with Gasteiger partial charge in [0.1, 0.15) is 5.82 Å². The summed E-state index contributed by atoms with van der Waals surface area (Å²) in [5.74, 6) is -0.514. The van der Waals surface area contributed by atoms with Crippen LogP contribution in [0.2, 0.25) is 0 Å². The number of benzene rings is 1. The summed E-state index contributed by atoms with van der Waals surface area (Å²) in [5.41, 5.74) is -0.299. The smallest absolute Gasteiger partial charge is 0.306 e. The van der Waals surface area contributed by atoms with Crippen molar-refractivity contribution in [3.8, 4) is 5.95 Å². The van der Waals surface area contributed by atoms with Gasteiger partial charge in [-0.25, -0.2) is 4.98 Å². The van der Waals surface area contributed by atoms with E-state index in [2.05, 4.69) is 20.4 Å². The molecule has 2 N–H and O–H groups in total. The second-order valence-corrected chi connectivity index (χ2v) is 7.24. The van der Waals surface area contributed by atoms with E-state index >= 15 is 0 Å². The predicted molar refractivity (Wildman–Crippen MR) is 103 cm³/mol. The Balaban J connectivity index is 1.75. The molecule has 4 rings (SSSR count). The number of hydrogen-bond acceptors (Lipinski definition) is 4. The van der Waals surface area contributed by atoms with Crippen molar-refractivity contribution in [2.24, 2.45) is 0 Å². The zero-order valence-electron chi connectivity index (χ0n) is 16.2. The van der Waals surface area contributed by atoms with Crippen molar-refractivity contribution in [1.29, 1.82) is 0 Å². The summed E-state index contributed by atoms with van der Waals surface area (Å²) < 4.78 is 41.1. The van der Waals surface area contributed by atoms with Crippen LogP contribution in [-0.4, -0.2) is 25.7 Å². The van der Waals surface area contributed by atoms with Gasteiger partial charge in [-0.15, -0.1) is 0 Å². The third kappa shape index (κ3) is 3.72. The van der Waals surface area contributed by atoms with E-state index in [1.165, 1.54) is 16.8 Å². The molecule has 2 heterocycles. The van der Waals surface area contributed by atoms with Gasteiger partial charge in [0.2, 0.25) is 5.95 Å². The van der Waals surface area contributed by atoms with Gasteiger partial charge in [0, 0.05) is 23.2 Å². The number of aromatic nitrogens is 4. The first kappa shape index (κ1) is 19.9. The maximum atomic E-state index is 13.3. The van der Waals surface area contributed by atoms with Gasteiger partial charge in [-0.1, -0.05) is 12.1 Å². The second-order valence-electron chi connectivity index (χ2n) is 7.24. The van der Waals surface area contributed by atoms with Crippen LogP contribution in [-0.2, 0) is 6.18 Å². The van der Waals surface area contributed by atoms with Gasteiger partial charge < -0.3 is 5.32 Å². The molecule has 0 spiro atoms. The van der Waals surface area contributed by atoms with Crippen LogP contribution in [0, 0.1) is 13.8 Å². The van der Waals surface area contributed by atoms with Crippen LogP contribution in [0.5, 0.6) is 0 Å². The highest BCUT2D eigenvalue weighted by molar-refractivity contribution is 6.05. The molecule has 0 saturated heterocycles. The number of hydrogen-bond donors (Lipinski definition) is 2. The van der Waals surface area contributed by atoms with Crippen LogP contribution in [0.15, 0.2) is 35.1 Å². The highest BCUT2D eigenvalue weighted by Crippen LogP contribution is 2.40. The molecule has 0 unspecified atom stereocenters. The van der Waals surface area contributed by atoms with Crippen molar-refractivity contribution in [3.63, 3.8) is 0 Å². The van der Waals surface area contributed by atoms with Crippen molar-refractivity contribution >= 4 is 11.7 Å². The first-order valence-corrected chi connectivity index (χ1v) is 9.30. The van der Waals surface area contributed by atoms with E-state index in [1.807, 2.05) is 0 Å². The molecule has 0 radical (unpaired) electrons. The zero-order chi connectivity index (χ0) is 21.6. The highest BCUT2D eigenvalue weighted by Gasteiger charge is 2.35. The lowest BCUT2D eigenvalue weighted by Crippen LogP contribution is -2.22. The molecule has 0 bridgehead atoms. The number of amides is 1. The summed E-state index contributed by atoms with van der Waals surface area (Å²) >= 11 is 0. The Labute approximate surface area is 169 Å². The number of anilines is 1. The fourth-order valence-corrected chi connectivity index (χ4v) is 3.07. The Bertz CT molecular complexity index is 1190. The molecule has 2 aromatic heterocycles. The van der Waals surface area contributed by atoms with Crippen LogP contribution in [0.3, 0.4) is 0 Å². The monoisotopic (exact) mass is 417 g/mol. The number of aromatic amines is 1. The number of aryl methyl sites for hydroxylation is 1. The zero-order valence-corrected chi connectivity index (χ0v) is 16.2. The Morgan fingerprint density at radius 2 is 1.93 bits per heavy atom. The highest BCUT2D eigenvalue weighted by atomic mass is 19.4. The lowest BCUT2D eigenvalue weighted by Gasteiger charge is -2.13. The molecule has 1 aromatic carbocycles. The lowest BCUT2D eigenvalue weighted by atomic mass is 10.1. The average Bonchev–Trinajstić information content (AvgIpc) is 3.46.